The van der Waals surface area contributed by atoms with Gasteiger partial charge in [0.15, 0.2) is 0 Å². The molecule has 2 heterocycles. The van der Waals surface area contributed by atoms with Gasteiger partial charge in [-0.25, -0.2) is 0 Å². The Balaban J connectivity index is 1.44. The zero-order chi connectivity index (χ0) is 13.8. The molecule has 0 aromatic heterocycles. The van der Waals surface area contributed by atoms with Crippen molar-refractivity contribution in [3.05, 3.63) is 35.9 Å². The van der Waals surface area contributed by atoms with Crippen LogP contribution in [0, 0.1) is 11.8 Å². The van der Waals surface area contributed by atoms with Gasteiger partial charge in [-0.3, -0.25) is 4.90 Å². The minimum absolute atomic E-state index is 0.931. The molecule has 2 heteroatoms. The second kappa shape index (κ2) is 6.73. The molecule has 110 valence electrons. The van der Waals surface area contributed by atoms with E-state index in [0.717, 1.165) is 18.4 Å². The lowest BCUT2D eigenvalue weighted by molar-refractivity contribution is 0.248. The lowest BCUT2D eigenvalue weighted by Gasteiger charge is -2.21. The van der Waals surface area contributed by atoms with E-state index in [2.05, 4.69) is 47.1 Å². The van der Waals surface area contributed by atoms with Crippen LogP contribution in [0.2, 0.25) is 0 Å². The van der Waals surface area contributed by atoms with Gasteiger partial charge in [-0.1, -0.05) is 50.1 Å². The van der Waals surface area contributed by atoms with Crippen LogP contribution in [0.4, 0.5) is 0 Å². The fourth-order valence-corrected chi connectivity index (χ4v) is 3.93. The summed E-state index contributed by atoms with van der Waals surface area (Å²) >= 11 is 0. The van der Waals surface area contributed by atoms with Crippen LogP contribution >= 0.6 is 0 Å². The number of fused-ring (bicyclic) bond motifs is 1. The van der Waals surface area contributed by atoms with E-state index in [1.54, 1.807) is 0 Å². The number of hydrogen-bond donors (Lipinski definition) is 0. The SMILES string of the molecule is CCCCCN1C[C@@H]2CN(Cc3ccccc3)C[C@@H]2C1. The van der Waals surface area contributed by atoms with Gasteiger partial charge >= 0.3 is 0 Å². The van der Waals surface area contributed by atoms with Gasteiger partial charge in [0.1, 0.15) is 0 Å². The van der Waals surface area contributed by atoms with E-state index in [0.29, 0.717) is 0 Å². The first-order valence-electron chi connectivity index (χ1n) is 8.34. The molecular formula is C18H28N2. The van der Waals surface area contributed by atoms with Crippen LogP contribution in [0.1, 0.15) is 31.7 Å². The molecule has 2 fully saturated rings. The first kappa shape index (κ1) is 14.1. The summed E-state index contributed by atoms with van der Waals surface area (Å²) in [5.74, 6) is 1.86. The van der Waals surface area contributed by atoms with Crippen LogP contribution in [0.15, 0.2) is 30.3 Å². The van der Waals surface area contributed by atoms with E-state index < -0.39 is 0 Å². The molecule has 0 amide bonds. The van der Waals surface area contributed by atoms with E-state index in [4.69, 9.17) is 0 Å². The predicted molar refractivity (Wildman–Crippen MR) is 84.7 cm³/mol. The standard InChI is InChI=1S/C18H28N2/c1-2-3-7-10-19-12-17-14-20(15-18(17)13-19)11-16-8-5-4-6-9-16/h4-6,8-9,17-18H,2-3,7,10-15H2,1H3/t17-,18+. The summed E-state index contributed by atoms with van der Waals surface area (Å²) in [5, 5.41) is 0. The minimum Gasteiger partial charge on any atom is -0.303 e. The highest BCUT2D eigenvalue weighted by atomic mass is 15.2. The molecule has 0 spiro atoms. The van der Waals surface area contributed by atoms with Gasteiger partial charge in [-0.05, 0) is 30.4 Å². The zero-order valence-corrected chi connectivity index (χ0v) is 12.8. The molecule has 0 unspecified atom stereocenters. The summed E-state index contributed by atoms with van der Waals surface area (Å²) in [4.78, 5) is 5.37. The Morgan fingerprint density at radius 3 is 2.20 bits per heavy atom. The molecule has 2 aliphatic heterocycles. The maximum absolute atomic E-state index is 2.71. The smallest absolute Gasteiger partial charge is 0.0233 e. The molecule has 0 bridgehead atoms. The van der Waals surface area contributed by atoms with E-state index >= 15 is 0 Å². The van der Waals surface area contributed by atoms with Crippen molar-refractivity contribution in [3.8, 4) is 0 Å². The van der Waals surface area contributed by atoms with Crippen LogP contribution in [0.25, 0.3) is 0 Å². The molecule has 3 rings (SSSR count). The second-order valence-corrected chi connectivity index (χ2v) is 6.67. The topological polar surface area (TPSA) is 6.48 Å². The van der Waals surface area contributed by atoms with Crippen molar-refractivity contribution < 1.29 is 0 Å². The first-order chi connectivity index (χ1) is 9.85. The van der Waals surface area contributed by atoms with Crippen LogP contribution in [0.5, 0.6) is 0 Å². The van der Waals surface area contributed by atoms with Crippen LogP contribution in [-0.4, -0.2) is 42.5 Å². The Bertz CT molecular complexity index is 389. The largest absolute Gasteiger partial charge is 0.303 e. The number of benzene rings is 1. The summed E-state index contributed by atoms with van der Waals surface area (Å²) in [6.07, 6.45) is 4.13. The van der Waals surface area contributed by atoms with E-state index in [1.807, 2.05) is 0 Å². The first-order valence-corrected chi connectivity index (χ1v) is 8.34. The van der Waals surface area contributed by atoms with Crippen LogP contribution in [-0.2, 0) is 6.54 Å². The molecule has 0 saturated carbocycles. The third kappa shape index (κ3) is 3.42. The highest BCUT2D eigenvalue weighted by Crippen LogP contribution is 2.31. The van der Waals surface area contributed by atoms with Crippen LogP contribution < -0.4 is 0 Å². The molecular weight excluding hydrogens is 244 g/mol. The van der Waals surface area contributed by atoms with E-state index in [9.17, 15) is 0 Å². The fourth-order valence-electron chi connectivity index (χ4n) is 3.93. The zero-order valence-electron chi connectivity index (χ0n) is 12.8. The molecule has 2 aliphatic rings. The van der Waals surface area contributed by atoms with Gasteiger partial charge in [-0.2, -0.15) is 0 Å². The molecule has 2 atom stereocenters. The summed E-state index contributed by atoms with van der Waals surface area (Å²) in [5.41, 5.74) is 1.47. The Hall–Kier alpha value is -0.860. The minimum atomic E-state index is 0.931. The van der Waals surface area contributed by atoms with Crippen molar-refractivity contribution >= 4 is 0 Å². The van der Waals surface area contributed by atoms with E-state index in [1.165, 1.54) is 57.5 Å². The molecule has 20 heavy (non-hydrogen) atoms. The summed E-state index contributed by atoms with van der Waals surface area (Å²) in [6, 6.07) is 10.9. The monoisotopic (exact) mass is 272 g/mol. The van der Waals surface area contributed by atoms with Crippen molar-refractivity contribution in [2.45, 2.75) is 32.7 Å². The van der Waals surface area contributed by atoms with Gasteiger partial charge in [0, 0.05) is 32.7 Å². The average Bonchev–Trinajstić information content (AvgIpc) is 2.98. The Labute approximate surface area is 123 Å². The fraction of sp³-hybridized carbons (Fsp3) is 0.667. The molecule has 2 nitrogen and oxygen atoms in total. The third-order valence-electron chi connectivity index (χ3n) is 4.96. The van der Waals surface area contributed by atoms with Crippen molar-refractivity contribution in [2.24, 2.45) is 11.8 Å². The van der Waals surface area contributed by atoms with Crippen molar-refractivity contribution in [3.63, 3.8) is 0 Å². The quantitative estimate of drug-likeness (QED) is 0.734. The molecule has 1 aromatic rings. The molecule has 2 saturated heterocycles. The number of nitrogens with zero attached hydrogens (tertiary/aromatic N) is 2. The van der Waals surface area contributed by atoms with Gasteiger partial charge in [-0.15, -0.1) is 0 Å². The second-order valence-electron chi connectivity index (χ2n) is 6.67. The van der Waals surface area contributed by atoms with Crippen molar-refractivity contribution in [1.82, 2.24) is 9.80 Å². The molecule has 0 radical (unpaired) electrons. The summed E-state index contributed by atoms with van der Waals surface area (Å²) in [7, 11) is 0. The van der Waals surface area contributed by atoms with Gasteiger partial charge < -0.3 is 4.90 Å². The molecule has 1 aromatic carbocycles. The Morgan fingerprint density at radius 1 is 0.900 bits per heavy atom. The van der Waals surface area contributed by atoms with Gasteiger partial charge in [0.2, 0.25) is 0 Å². The maximum Gasteiger partial charge on any atom is 0.0233 e. The lowest BCUT2D eigenvalue weighted by Crippen LogP contribution is -2.29. The third-order valence-corrected chi connectivity index (χ3v) is 4.96. The maximum atomic E-state index is 2.71. The number of hydrogen-bond acceptors (Lipinski definition) is 2. The van der Waals surface area contributed by atoms with Gasteiger partial charge in [0.05, 0.1) is 0 Å². The number of unbranched alkanes of at least 4 members (excludes halogenated alkanes) is 2. The van der Waals surface area contributed by atoms with Crippen molar-refractivity contribution in [2.75, 3.05) is 32.7 Å². The predicted octanol–water partition coefficient (Wildman–Crippen LogP) is 3.24. The normalized spacial score (nSPS) is 27.1. The Morgan fingerprint density at radius 2 is 1.55 bits per heavy atom. The van der Waals surface area contributed by atoms with Crippen LogP contribution in [0.3, 0.4) is 0 Å². The van der Waals surface area contributed by atoms with E-state index in [-0.39, 0.29) is 0 Å². The average molecular weight is 272 g/mol. The highest BCUT2D eigenvalue weighted by molar-refractivity contribution is 5.14. The summed E-state index contributed by atoms with van der Waals surface area (Å²) in [6.45, 7) is 10.1. The molecule has 0 aliphatic carbocycles. The van der Waals surface area contributed by atoms with Crippen molar-refractivity contribution in [1.29, 1.82) is 0 Å². The number of rotatable bonds is 6. The Kier molecular flexibility index (Phi) is 4.74. The lowest BCUT2D eigenvalue weighted by atomic mass is 10.0. The molecule has 0 N–H and O–H groups in total. The summed E-state index contributed by atoms with van der Waals surface area (Å²) < 4.78 is 0. The van der Waals surface area contributed by atoms with Gasteiger partial charge in [0.25, 0.3) is 0 Å². The highest BCUT2D eigenvalue weighted by Gasteiger charge is 2.39. The number of likely N-dealkylation sites (tertiary alicyclic amines) is 2.